The molecular formula is C18H29ClN2. The van der Waals surface area contributed by atoms with E-state index in [2.05, 4.69) is 5.32 Å². The highest BCUT2D eigenvalue weighted by atomic mass is 35.5. The van der Waals surface area contributed by atoms with Gasteiger partial charge in [0, 0.05) is 11.8 Å². The molecule has 4 rings (SSSR count). The predicted octanol–water partition coefficient (Wildman–Crippen LogP) is 4.51. The van der Waals surface area contributed by atoms with Gasteiger partial charge in [0.25, 0.3) is 0 Å². The summed E-state index contributed by atoms with van der Waals surface area (Å²) in [5, 5.41) is 3.70. The molecule has 2 saturated carbocycles. The lowest BCUT2D eigenvalue weighted by atomic mass is 9.68. The quantitative estimate of drug-likeness (QED) is 0.559. The molecule has 0 spiro atoms. The van der Waals surface area contributed by atoms with Crippen molar-refractivity contribution in [1.29, 1.82) is 0 Å². The topological polar surface area (TPSA) is 24.4 Å². The van der Waals surface area contributed by atoms with E-state index >= 15 is 0 Å². The van der Waals surface area contributed by atoms with Crippen LogP contribution in [-0.4, -0.2) is 23.3 Å². The first kappa shape index (κ1) is 14.5. The van der Waals surface area contributed by atoms with E-state index in [1.807, 2.05) is 0 Å². The molecule has 1 N–H and O–H groups in total. The van der Waals surface area contributed by atoms with Crippen LogP contribution in [0.4, 0.5) is 0 Å². The van der Waals surface area contributed by atoms with Gasteiger partial charge in [-0.05, 0) is 69.1 Å². The van der Waals surface area contributed by atoms with Gasteiger partial charge >= 0.3 is 0 Å². The normalized spacial score (nSPS) is 44.6. The van der Waals surface area contributed by atoms with Gasteiger partial charge in [-0.25, -0.2) is 0 Å². The van der Waals surface area contributed by atoms with Crippen molar-refractivity contribution in [2.75, 3.05) is 0 Å². The van der Waals surface area contributed by atoms with E-state index in [1.54, 1.807) is 5.71 Å². The number of halogens is 1. The lowest BCUT2D eigenvalue weighted by Gasteiger charge is -2.48. The van der Waals surface area contributed by atoms with Gasteiger partial charge in [0.05, 0.1) is 11.5 Å². The van der Waals surface area contributed by atoms with Crippen LogP contribution < -0.4 is 5.32 Å². The monoisotopic (exact) mass is 308 g/mol. The summed E-state index contributed by atoms with van der Waals surface area (Å²) in [6.45, 7) is 0. The molecule has 4 aliphatic rings. The maximum Gasteiger partial charge on any atom is 0.0828 e. The third-order valence-electron chi connectivity index (χ3n) is 6.59. The molecule has 21 heavy (non-hydrogen) atoms. The van der Waals surface area contributed by atoms with E-state index in [0.717, 1.165) is 24.2 Å². The molecule has 3 fully saturated rings. The van der Waals surface area contributed by atoms with Crippen LogP contribution in [0.25, 0.3) is 0 Å². The number of alkyl halides is 1. The van der Waals surface area contributed by atoms with Crippen LogP contribution in [0, 0.1) is 17.8 Å². The van der Waals surface area contributed by atoms with Crippen molar-refractivity contribution in [1.82, 2.24) is 5.32 Å². The smallest absolute Gasteiger partial charge is 0.0828 e. The molecule has 118 valence electrons. The van der Waals surface area contributed by atoms with Gasteiger partial charge in [-0.15, -0.1) is 11.6 Å². The van der Waals surface area contributed by atoms with Crippen LogP contribution in [0.2, 0.25) is 0 Å². The maximum absolute atomic E-state index is 6.39. The van der Waals surface area contributed by atoms with E-state index in [9.17, 15) is 0 Å². The molecule has 2 aliphatic carbocycles. The highest BCUT2D eigenvalue weighted by Gasteiger charge is 2.43. The van der Waals surface area contributed by atoms with Crippen molar-refractivity contribution in [3.8, 4) is 0 Å². The second kappa shape index (κ2) is 6.20. The highest BCUT2D eigenvalue weighted by molar-refractivity contribution is 6.20. The van der Waals surface area contributed by atoms with Gasteiger partial charge in [0.2, 0.25) is 0 Å². The van der Waals surface area contributed by atoms with Crippen molar-refractivity contribution in [3.63, 3.8) is 0 Å². The zero-order valence-corrected chi connectivity index (χ0v) is 13.8. The number of nitrogens with one attached hydrogen (secondary N) is 1. The minimum absolute atomic E-state index is 0.181. The van der Waals surface area contributed by atoms with E-state index in [0.29, 0.717) is 12.1 Å². The van der Waals surface area contributed by atoms with Crippen molar-refractivity contribution in [2.24, 2.45) is 22.7 Å². The lowest BCUT2D eigenvalue weighted by Crippen LogP contribution is -2.57. The highest BCUT2D eigenvalue weighted by Crippen LogP contribution is 2.42. The molecule has 2 heterocycles. The molecule has 1 saturated heterocycles. The number of piperidine rings is 1. The van der Waals surface area contributed by atoms with Crippen molar-refractivity contribution >= 4 is 17.3 Å². The van der Waals surface area contributed by atoms with Crippen molar-refractivity contribution in [2.45, 2.75) is 88.2 Å². The Balaban J connectivity index is 1.53. The zero-order valence-electron chi connectivity index (χ0n) is 13.1. The van der Waals surface area contributed by atoms with Gasteiger partial charge in [-0.3, -0.25) is 10.3 Å². The first-order valence-electron chi connectivity index (χ1n) is 9.28. The molecule has 5 atom stereocenters. The second-order valence-electron chi connectivity index (χ2n) is 7.82. The van der Waals surface area contributed by atoms with Crippen LogP contribution >= 0.6 is 11.6 Å². The molecule has 0 radical (unpaired) electrons. The number of nitrogens with zero attached hydrogens (tertiary/aromatic N) is 1. The van der Waals surface area contributed by atoms with E-state index in [1.165, 1.54) is 64.2 Å². The van der Waals surface area contributed by atoms with Crippen LogP contribution in [-0.2, 0) is 0 Å². The summed E-state index contributed by atoms with van der Waals surface area (Å²) in [5.41, 5.74) is 1.76. The molecule has 0 aromatic heterocycles. The van der Waals surface area contributed by atoms with Gasteiger partial charge in [0.1, 0.15) is 0 Å². The fraction of sp³-hybridized carbons (Fsp3) is 0.944. The fourth-order valence-corrected chi connectivity index (χ4v) is 5.67. The number of aliphatic imine (C=N–C) groups is 1. The van der Waals surface area contributed by atoms with Crippen LogP contribution in [0.5, 0.6) is 0 Å². The Labute approximate surface area is 134 Å². The standard InChI is InChI=1S/C18H29ClN2/c19-16-11-9-14-7-6-13-8-10-15(12-4-2-1-3-5-12)20-17(13)18(14)21-16/h12-14,16-18,21H,1-11H2. The van der Waals surface area contributed by atoms with E-state index in [-0.39, 0.29) is 5.50 Å². The van der Waals surface area contributed by atoms with E-state index < -0.39 is 0 Å². The third-order valence-corrected chi connectivity index (χ3v) is 6.94. The SMILES string of the molecule is ClC1CCC2CCC3CCC(C4CCCCC4)=NC3C2N1. The van der Waals surface area contributed by atoms with Gasteiger partial charge in [0.15, 0.2) is 0 Å². The summed E-state index contributed by atoms with van der Waals surface area (Å²) in [6, 6.07) is 1.11. The molecule has 0 amide bonds. The molecular weight excluding hydrogens is 280 g/mol. The Hall–Kier alpha value is -0.0800. The number of fused-ring (bicyclic) bond motifs is 3. The summed E-state index contributed by atoms with van der Waals surface area (Å²) in [6.07, 6.45) is 15.0. The van der Waals surface area contributed by atoms with Crippen molar-refractivity contribution in [3.05, 3.63) is 0 Å². The fourth-order valence-electron chi connectivity index (χ4n) is 5.40. The molecule has 2 aliphatic heterocycles. The Kier molecular flexibility index (Phi) is 4.28. The molecule has 2 nitrogen and oxygen atoms in total. The Bertz CT molecular complexity index is 402. The van der Waals surface area contributed by atoms with Gasteiger partial charge < -0.3 is 0 Å². The summed E-state index contributed by atoms with van der Waals surface area (Å²) < 4.78 is 0. The largest absolute Gasteiger partial charge is 0.296 e. The summed E-state index contributed by atoms with van der Waals surface area (Å²) in [4.78, 5) is 5.34. The molecule has 0 aromatic carbocycles. The summed E-state index contributed by atoms with van der Waals surface area (Å²) in [7, 11) is 0. The number of hydrogen-bond donors (Lipinski definition) is 1. The first-order chi connectivity index (χ1) is 10.3. The first-order valence-corrected chi connectivity index (χ1v) is 9.71. The van der Waals surface area contributed by atoms with E-state index in [4.69, 9.17) is 16.6 Å². The summed E-state index contributed by atoms with van der Waals surface area (Å²) >= 11 is 6.39. The average molecular weight is 309 g/mol. The lowest BCUT2D eigenvalue weighted by molar-refractivity contribution is 0.124. The van der Waals surface area contributed by atoms with Crippen LogP contribution in [0.3, 0.4) is 0 Å². The number of rotatable bonds is 1. The van der Waals surface area contributed by atoms with Gasteiger partial charge in [-0.1, -0.05) is 19.3 Å². The number of hydrogen-bond acceptors (Lipinski definition) is 2. The van der Waals surface area contributed by atoms with Gasteiger partial charge in [-0.2, -0.15) is 0 Å². The predicted molar refractivity (Wildman–Crippen MR) is 89.0 cm³/mol. The summed E-state index contributed by atoms with van der Waals surface area (Å²) in [5.74, 6) is 2.47. The maximum atomic E-state index is 6.39. The van der Waals surface area contributed by atoms with Crippen LogP contribution in [0.1, 0.15) is 70.6 Å². The third kappa shape index (κ3) is 2.91. The van der Waals surface area contributed by atoms with Crippen LogP contribution in [0.15, 0.2) is 4.99 Å². The zero-order chi connectivity index (χ0) is 14.2. The molecule has 5 unspecified atom stereocenters. The Morgan fingerprint density at radius 2 is 1.62 bits per heavy atom. The van der Waals surface area contributed by atoms with Crippen molar-refractivity contribution < 1.29 is 0 Å². The molecule has 0 bridgehead atoms. The minimum Gasteiger partial charge on any atom is -0.296 e. The average Bonchev–Trinajstić information content (AvgIpc) is 2.55. The Morgan fingerprint density at radius 3 is 2.48 bits per heavy atom. The Morgan fingerprint density at radius 1 is 0.857 bits per heavy atom. The minimum atomic E-state index is 0.181. The second-order valence-corrected chi connectivity index (χ2v) is 8.35. The molecule has 0 aromatic rings. The molecule has 3 heteroatoms.